The van der Waals surface area contributed by atoms with Crippen molar-refractivity contribution in [1.29, 1.82) is 0 Å². The molecule has 1 aromatic carbocycles. The molecule has 1 amide bonds. The number of nitrogens with two attached hydrogens (primary N) is 1. The highest BCUT2D eigenvalue weighted by Gasteiger charge is 2.11. The molecule has 0 saturated heterocycles. The first-order chi connectivity index (χ1) is 9.88. The maximum Gasteiger partial charge on any atom is 0.287 e. The van der Waals surface area contributed by atoms with Crippen molar-refractivity contribution in [3.05, 3.63) is 53.5 Å². The van der Waals surface area contributed by atoms with E-state index in [-0.39, 0.29) is 10.8 Å². The fourth-order valence-electron chi connectivity index (χ4n) is 1.85. The van der Waals surface area contributed by atoms with Crippen molar-refractivity contribution in [1.82, 2.24) is 5.32 Å². The van der Waals surface area contributed by atoms with Crippen LogP contribution in [0.25, 0.3) is 0 Å². The summed E-state index contributed by atoms with van der Waals surface area (Å²) in [6.45, 7) is 2.22. The smallest absolute Gasteiger partial charge is 0.287 e. The van der Waals surface area contributed by atoms with Crippen LogP contribution in [0.5, 0.6) is 0 Å². The van der Waals surface area contributed by atoms with Gasteiger partial charge in [-0.1, -0.05) is 12.1 Å². The summed E-state index contributed by atoms with van der Waals surface area (Å²) in [5.41, 5.74) is 1.68. The first-order valence-electron chi connectivity index (χ1n) is 6.32. The lowest BCUT2D eigenvalue weighted by atomic mass is 10.1. The first-order valence-corrected chi connectivity index (χ1v) is 7.86. The van der Waals surface area contributed by atoms with Crippen LogP contribution in [0.15, 0.2) is 45.9 Å². The topological polar surface area (TPSA) is 102 Å². The van der Waals surface area contributed by atoms with E-state index < -0.39 is 10.0 Å². The fourth-order valence-corrected chi connectivity index (χ4v) is 2.37. The predicted molar refractivity (Wildman–Crippen MR) is 77.3 cm³/mol. The largest absolute Gasteiger partial charge is 0.459 e. The van der Waals surface area contributed by atoms with Crippen LogP contribution < -0.4 is 10.5 Å². The molecule has 7 heteroatoms. The highest BCUT2D eigenvalue weighted by molar-refractivity contribution is 7.89. The van der Waals surface area contributed by atoms with Gasteiger partial charge < -0.3 is 9.73 Å². The Morgan fingerprint density at radius 3 is 2.43 bits per heavy atom. The average Bonchev–Trinajstić information content (AvgIpc) is 2.84. The van der Waals surface area contributed by atoms with Gasteiger partial charge in [-0.2, -0.15) is 0 Å². The van der Waals surface area contributed by atoms with Gasteiger partial charge in [0.25, 0.3) is 5.91 Å². The number of hydrogen-bond donors (Lipinski definition) is 2. The Morgan fingerprint density at radius 2 is 1.90 bits per heavy atom. The molecule has 2 aromatic rings. The lowest BCUT2D eigenvalue weighted by Crippen LogP contribution is -2.25. The lowest BCUT2D eigenvalue weighted by Gasteiger charge is -2.05. The summed E-state index contributed by atoms with van der Waals surface area (Å²) < 4.78 is 27.3. The molecule has 0 radical (unpaired) electrons. The van der Waals surface area contributed by atoms with Crippen LogP contribution in [0, 0.1) is 6.92 Å². The first kappa shape index (κ1) is 15.3. The highest BCUT2D eigenvalue weighted by Crippen LogP contribution is 2.10. The van der Waals surface area contributed by atoms with Crippen molar-refractivity contribution in [3.8, 4) is 0 Å². The molecule has 6 nitrogen and oxygen atoms in total. The van der Waals surface area contributed by atoms with Crippen molar-refractivity contribution in [2.45, 2.75) is 18.2 Å². The van der Waals surface area contributed by atoms with Gasteiger partial charge in [-0.05, 0) is 37.1 Å². The number of hydrogen-bond acceptors (Lipinski definition) is 4. The van der Waals surface area contributed by atoms with Gasteiger partial charge in [0.05, 0.1) is 11.2 Å². The predicted octanol–water partition coefficient (Wildman–Crippen LogP) is 1.21. The van der Waals surface area contributed by atoms with E-state index in [0.29, 0.717) is 18.7 Å². The number of carbonyl (C=O) groups excluding carboxylic acids is 1. The van der Waals surface area contributed by atoms with Crippen LogP contribution in [-0.4, -0.2) is 20.9 Å². The van der Waals surface area contributed by atoms with Crippen LogP contribution in [-0.2, 0) is 16.4 Å². The summed E-state index contributed by atoms with van der Waals surface area (Å²) >= 11 is 0. The second kappa shape index (κ2) is 6.11. The van der Waals surface area contributed by atoms with Crippen LogP contribution in [0.3, 0.4) is 0 Å². The summed E-state index contributed by atoms with van der Waals surface area (Å²) in [6.07, 6.45) is 2.05. The van der Waals surface area contributed by atoms with Gasteiger partial charge in [-0.3, -0.25) is 4.79 Å². The van der Waals surface area contributed by atoms with Crippen molar-refractivity contribution < 1.29 is 17.6 Å². The zero-order valence-electron chi connectivity index (χ0n) is 11.5. The summed E-state index contributed by atoms with van der Waals surface area (Å²) in [7, 11) is -3.67. The van der Waals surface area contributed by atoms with E-state index in [1.54, 1.807) is 25.1 Å². The number of primary sulfonamides is 1. The van der Waals surface area contributed by atoms with Crippen molar-refractivity contribution in [2.24, 2.45) is 5.14 Å². The lowest BCUT2D eigenvalue weighted by molar-refractivity contribution is 0.0925. The number of sulfonamides is 1. The standard InChI is InChI=1S/C14H16N2O4S/c1-10-7-9-20-13(10)14(17)16-8-6-11-2-4-12(5-3-11)21(15,18)19/h2-5,7,9H,6,8H2,1H3,(H,16,17)(H2,15,18,19). The normalized spacial score (nSPS) is 11.3. The number of amides is 1. The molecule has 1 aromatic heterocycles. The van der Waals surface area contributed by atoms with Crippen molar-refractivity contribution in [3.63, 3.8) is 0 Å². The Bertz CT molecular complexity index is 733. The van der Waals surface area contributed by atoms with Crippen LogP contribution >= 0.6 is 0 Å². The van der Waals surface area contributed by atoms with Crippen molar-refractivity contribution >= 4 is 15.9 Å². The van der Waals surface area contributed by atoms with E-state index in [2.05, 4.69) is 5.32 Å². The molecule has 0 atom stereocenters. The second-order valence-electron chi connectivity index (χ2n) is 4.63. The number of benzene rings is 1. The summed E-state index contributed by atoms with van der Waals surface area (Å²) in [5.74, 6) is 0.0400. The Morgan fingerprint density at radius 1 is 1.24 bits per heavy atom. The highest BCUT2D eigenvalue weighted by atomic mass is 32.2. The van der Waals surface area contributed by atoms with E-state index in [0.717, 1.165) is 11.1 Å². The zero-order chi connectivity index (χ0) is 15.5. The van der Waals surface area contributed by atoms with E-state index in [9.17, 15) is 13.2 Å². The molecule has 2 rings (SSSR count). The molecule has 112 valence electrons. The number of aryl methyl sites for hydroxylation is 1. The molecule has 0 saturated carbocycles. The van der Waals surface area contributed by atoms with Crippen molar-refractivity contribution in [2.75, 3.05) is 6.54 Å². The molecule has 1 heterocycles. The second-order valence-corrected chi connectivity index (χ2v) is 6.19. The SMILES string of the molecule is Cc1ccoc1C(=O)NCCc1ccc(S(N)(=O)=O)cc1. The quantitative estimate of drug-likeness (QED) is 0.866. The summed E-state index contributed by atoms with van der Waals surface area (Å²) in [5, 5.41) is 7.76. The average molecular weight is 308 g/mol. The van der Waals surface area contributed by atoms with E-state index in [4.69, 9.17) is 9.56 Å². The van der Waals surface area contributed by atoms with Gasteiger partial charge >= 0.3 is 0 Å². The molecule has 0 aliphatic rings. The number of rotatable bonds is 5. The van der Waals surface area contributed by atoms with Gasteiger partial charge in [0.15, 0.2) is 5.76 Å². The monoisotopic (exact) mass is 308 g/mol. The minimum absolute atomic E-state index is 0.0708. The van der Waals surface area contributed by atoms with E-state index in [1.165, 1.54) is 18.4 Å². The van der Waals surface area contributed by atoms with E-state index in [1.807, 2.05) is 0 Å². The van der Waals surface area contributed by atoms with E-state index >= 15 is 0 Å². The number of furan rings is 1. The van der Waals surface area contributed by atoms with Gasteiger partial charge in [0.2, 0.25) is 10.0 Å². The molecule has 0 fully saturated rings. The molecule has 0 spiro atoms. The Hall–Kier alpha value is -2.12. The molecule has 0 aliphatic heterocycles. The maximum absolute atomic E-state index is 11.8. The minimum atomic E-state index is -3.67. The zero-order valence-corrected chi connectivity index (χ0v) is 12.3. The van der Waals surface area contributed by atoms with Gasteiger partial charge in [0, 0.05) is 12.1 Å². The molecular weight excluding hydrogens is 292 g/mol. The molecule has 0 bridgehead atoms. The molecule has 0 aliphatic carbocycles. The molecular formula is C14H16N2O4S. The molecule has 21 heavy (non-hydrogen) atoms. The minimum Gasteiger partial charge on any atom is -0.459 e. The third-order valence-corrected chi connectivity index (χ3v) is 3.95. The number of carbonyl (C=O) groups is 1. The molecule has 3 N–H and O–H groups in total. The van der Waals surface area contributed by atoms with Crippen LogP contribution in [0.4, 0.5) is 0 Å². The van der Waals surface area contributed by atoms with Gasteiger partial charge in [-0.25, -0.2) is 13.6 Å². The van der Waals surface area contributed by atoms with Gasteiger partial charge in [0.1, 0.15) is 0 Å². The fraction of sp³-hybridized carbons (Fsp3) is 0.214. The molecule has 0 unspecified atom stereocenters. The maximum atomic E-state index is 11.8. The number of nitrogens with one attached hydrogen (secondary N) is 1. The van der Waals surface area contributed by atoms with Crippen LogP contribution in [0.2, 0.25) is 0 Å². The summed E-state index contributed by atoms with van der Waals surface area (Å²) in [6, 6.07) is 7.96. The Kier molecular flexibility index (Phi) is 4.44. The Balaban J connectivity index is 1.89. The van der Waals surface area contributed by atoms with Gasteiger partial charge in [-0.15, -0.1) is 0 Å². The Labute approximate surface area is 123 Å². The third kappa shape index (κ3) is 3.93. The van der Waals surface area contributed by atoms with Crippen LogP contribution in [0.1, 0.15) is 21.7 Å². The third-order valence-electron chi connectivity index (χ3n) is 3.02. The summed E-state index contributed by atoms with van der Waals surface area (Å²) in [4.78, 5) is 11.9.